The van der Waals surface area contributed by atoms with Crippen molar-refractivity contribution in [3.8, 4) is 0 Å². The molecule has 0 aliphatic heterocycles. The van der Waals surface area contributed by atoms with E-state index in [4.69, 9.17) is 0 Å². The standard InChI is InChI=1S/C12H8F3N3O/c13-12(14,15)8-2-1-3-9(6-8)17-11-7-10(18-19)4-5-16-11/h1-7H,(H,16,17). The number of aromatic nitrogens is 1. The van der Waals surface area contributed by atoms with Gasteiger partial charge in [-0.1, -0.05) is 6.07 Å². The molecule has 1 N–H and O–H groups in total. The minimum atomic E-state index is -4.41. The van der Waals surface area contributed by atoms with E-state index >= 15 is 0 Å². The van der Waals surface area contributed by atoms with Gasteiger partial charge in [-0.15, -0.1) is 4.91 Å². The van der Waals surface area contributed by atoms with Crippen molar-refractivity contribution in [2.45, 2.75) is 6.18 Å². The van der Waals surface area contributed by atoms with Gasteiger partial charge in [0.1, 0.15) is 11.5 Å². The van der Waals surface area contributed by atoms with Crippen LogP contribution < -0.4 is 5.32 Å². The highest BCUT2D eigenvalue weighted by Crippen LogP contribution is 2.31. The van der Waals surface area contributed by atoms with Gasteiger partial charge < -0.3 is 5.32 Å². The second-order valence-corrected chi connectivity index (χ2v) is 3.69. The van der Waals surface area contributed by atoms with Gasteiger partial charge in [-0.2, -0.15) is 13.2 Å². The zero-order valence-electron chi connectivity index (χ0n) is 9.48. The summed E-state index contributed by atoms with van der Waals surface area (Å²) < 4.78 is 37.6. The van der Waals surface area contributed by atoms with Crippen LogP contribution in [0.5, 0.6) is 0 Å². The Hall–Kier alpha value is -2.44. The summed E-state index contributed by atoms with van der Waals surface area (Å²) in [6.45, 7) is 0. The van der Waals surface area contributed by atoms with Crippen LogP contribution in [0.4, 0.5) is 30.4 Å². The number of alkyl halides is 3. The third-order valence-corrected chi connectivity index (χ3v) is 2.31. The molecule has 0 bridgehead atoms. The number of hydrogen-bond donors (Lipinski definition) is 1. The summed E-state index contributed by atoms with van der Waals surface area (Å²) in [5.41, 5.74) is -0.392. The number of nitrogens with zero attached hydrogens (tertiary/aromatic N) is 2. The van der Waals surface area contributed by atoms with Crippen LogP contribution in [-0.2, 0) is 6.18 Å². The lowest BCUT2D eigenvalue weighted by Gasteiger charge is -2.10. The fourth-order valence-electron chi connectivity index (χ4n) is 1.47. The highest BCUT2D eigenvalue weighted by molar-refractivity contribution is 5.60. The molecule has 98 valence electrons. The van der Waals surface area contributed by atoms with E-state index in [1.165, 1.54) is 30.5 Å². The summed E-state index contributed by atoms with van der Waals surface area (Å²) in [4.78, 5) is 14.2. The molecule has 0 radical (unpaired) electrons. The van der Waals surface area contributed by atoms with Crippen molar-refractivity contribution in [3.63, 3.8) is 0 Å². The van der Waals surface area contributed by atoms with Gasteiger partial charge in [0.05, 0.1) is 5.56 Å². The summed E-state index contributed by atoms with van der Waals surface area (Å²) >= 11 is 0. The molecule has 7 heteroatoms. The third-order valence-electron chi connectivity index (χ3n) is 2.31. The Labute approximate surface area is 106 Å². The van der Waals surface area contributed by atoms with Gasteiger partial charge >= 0.3 is 6.18 Å². The summed E-state index contributed by atoms with van der Waals surface area (Å²) in [6, 6.07) is 7.42. The molecule has 2 rings (SSSR count). The quantitative estimate of drug-likeness (QED) is 0.846. The number of pyridine rings is 1. The third kappa shape index (κ3) is 3.27. The second-order valence-electron chi connectivity index (χ2n) is 3.69. The number of halogens is 3. The first-order valence-electron chi connectivity index (χ1n) is 5.23. The number of nitrogens with one attached hydrogen (secondary N) is 1. The van der Waals surface area contributed by atoms with Crippen molar-refractivity contribution >= 4 is 17.2 Å². The Morgan fingerprint density at radius 3 is 2.63 bits per heavy atom. The first-order valence-corrected chi connectivity index (χ1v) is 5.23. The van der Waals surface area contributed by atoms with Crippen LogP contribution in [0.1, 0.15) is 5.56 Å². The normalized spacial score (nSPS) is 11.1. The van der Waals surface area contributed by atoms with E-state index in [-0.39, 0.29) is 17.2 Å². The zero-order valence-corrected chi connectivity index (χ0v) is 9.48. The van der Waals surface area contributed by atoms with E-state index in [0.29, 0.717) is 0 Å². The molecule has 1 heterocycles. The monoisotopic (exact) mass is 267 g/mol. The maximum absolute atomic E-state index is 12.5. The van der Waals surface area contributed by atoms with Crippen molar-refractivity contribution < 1.29 is 13.2 Å². The second kappa shape index (κ2) is 5.05. The van der Waals surface area contributed by atoms with E-state index in [1.807, 2.05) is 0 Å². The molecule has 2 aromatic rings. The Balaban J connectivity index is 2.25. The van der Waals surface area contributed by atoms with Crippen LogP contribution in [0.15, 0.2) is 47.8 Å². The van der Waals surface area contributed by atoms with E-state index in [0.717, 1.165) is 12.1 Å². The molecular formula is C12H8F3N3O. The first kappa shape index (κ1) is 13.0. The molecule has 0 atom stereocenters. The lowest BCUT2D eigenvalue weighted by molar-refractivity contribution is -0.137. The number of hydrogen-bond acceptors (Lipinski definition) is 4. The Kier molecular flexibility index (Phi) is 3.46. The number of benzene rings is 1. The first-order chi connectivity index (χ1) is 8.99. The molecular weight excluding hydrogens is 259 g/mol. The number of anilines is 2. The maximum atomic E-state index is 12.5. The predicted molar refractivity (Wildman–Crippen MR) is 64.4 cm³/mol. The van der Waals surface area contributed by atoms with Crippen LogP contribution in [0.2, 0.25) is 0 Å². The largest absolute Gasteiger partial charge is 0.416 e. The van der Waals surface area contributed by atoms with Gasteiger partial charge in [0.2, 0.25) is 0 Å². The predicted octanol–water partition coefficient (Wildman–Crippen LogP) is 4.24. The summed E-state index contributed by atoms with van der Waals surface area (Å²) in [5, 5.41) is 5.40. The van der Waals surface area contributed by atoms with Gasteiger partial charge in [-0.3, -0.25) is 0 Å². The maximum Gasteiger partial charge on any atom is 0.416 e. The van der Waals surface area contributed by atoms with Crippen molar-refractivity contribution in [2.75, 3.05) is 5.32 Å². The molecule has 0 saturated heterocycles. The molecule has 1 aromatic carbocycles. The van der Waals surface area contributed by atoms with E-state index < -0.39 is 11.7 Å². The van der Waals surface area contributed by atoms with Gasteiger partial charge in [0.15, 0.2) is 0 Å². The molecule has 1 aromatic heterocycles. The van der Waals surface area contributed by atoms with Gasteiger partial charge in [0, 0.05) is 18.0 Å². The Bertz CT molecular complexity index is 599. The molecule has 0 fully saturated rings. The minimum Gasteiger partial charge on any atom is -0.340 e. The van der Waals surface area contributed by atoms with Crippen molar-refractivity contribution in [3.05, 3.63) is 53.1 Å². The lowest BCUT2D eigenvalue weighted by Crippen LogP contribution is -2.05. The molecule has 0 amide bonds. The molecule has 0 unspecified atom stereocenters. The van der Waals surface area contributed by atoms with Crippen LogP contribution in [0.3, 0.4) is 0 Å². The average Bonchev–Trinajstić information content (AvgIpc) is 2.38. The highest BCUT2D eigenvalue weighted by Gasteiger charge is 2.30. The molecule has 0 spiro atoms. The zero-order chi connectivity index (χ0) is 13.9. The van der Waals surface area contributed by atoms with Crippen LogP contribution in [-0.4, -0.2) is 4.98 Å². The smallest absolute Gasteiger partial charge is 0.340 e. The van der Waals surface area contributed by atoms with E-state index in [1.54, 1.807) is 0 Å². The lowest BCUT2D eigenvalue weighted by atomic mass is 10.2. The number of nitroso groups, excluding NO2 is 1. The summed E-state index contributed by atoms with van der Waals surface area (Å²) in [5.74, 6) is 0.247. The SMILES string of the molecule is O=Nc1ccnc(Nc2cccc(C(F)(F)F)c2)c1. The summed E-state index contributed by atoms with van der Waals surface area (Å²) in [7, 11) is 0. The molecule has 4 nitrogen and oxygen atoms in total. The Morgan fingerprint density at radius 2 is 1.95 bits per heavy atom. The van der Waals surface area contributed by atoms with Gasteiger partial charge in [0.25, 0.3) is 0 Å². The van der Waals surface area contributed by atoms with Crippen LogP contribution in [0, 0.1) is 4.91 Å². The van der Waals surface area contributed by atoms with E-state index in [9.17, 15) is 18.1 Å². The molecule has 0 aliphatic rings. The summed E-state index contributed by atoms with van der Waals surface area (Å²) in [6.07, 6.45) is -3.07. The minimum absolute atomic E-state index is 0.143. The molecule has 0 saturated carbocycles. The van der Waals surface area contributed by atoms with Crippen molar-refractivity contribution in [1.82, 2.24) is 4.98 Å². The van der Waals surface area contributed by atoms with Crippen molar-refractivity contribution in [2.24, 2.45) is 5.18 Å². The van der Waals surface area contributed by atoms with Crippen molar-refractivity contribution in [1.29, 1.82) is 0 Å². The van der Waals surface area contributed by atoms with Gasteiger partial charge in [-0.25, -0.2) is 4.98 Å². The molecule has 19 heavy (non-hydrogen) atoms. The fraction of sp³-hybridized carbons (Fsp3) is 0.0833. The average molecular weight is 267 g/mol. The fourth-order valence-corrected chi connectivity index (χ4v) is 1.47. The molecule has 0 aliphatic carbocycles. The number of rotatable bonds is 3. The highest BCUT2D eigenvalue weighted by atomic mass is 19.4. The Morgan fingerprint density at radius 1 is 1.16 bits per heavy atom. The van der Waals surface area contributed by atoms with E-state index in [2.05, 4.69) is 15.5 Å². The topological polar surface area (TPSA) is 54.4 Å². The van der Waals surface area contributed by atoms with Crippen LogP contribution >= 0.6 is 0 Å². The van der Waals surface area contributed by atoms with Gasteiger partial charge in [-0.05, 0) is 29.4 Å². The van der Waals surface area contributed by atoms with Crippen LogP contribution in [0.25, 0.3) is 0 Å².